The molecule has 3 amide bonds. The molecule has 0 aliphatic carbocycles. The van der Waals surface area contributed by atoms with Crippen LogP contribution >= 0.6 is 12.6 Å². The molecule has 8 heteroatoms. The van der Waals surface area contributed by atoms with Crippen molar-refractivity contribution in [1.82, 2.24) is 15.5 Å². The molecule has 0 aliphatic rings. The second-order valence-electron chi connectivity index (χ2n) is 10.1. The number of carbonyl (C=O) groups excluding carboxylic acids is 3. The highest BCUT2D eigenvalue weighted by Gasteiger charge is 2.36. The minimum Gasteiger partial charge on any atom is -0.444 e. The van der Waals surface area contributed by atoms with Gasteiger partial charge in [0.15, 0.2) is 0 Å². The molecule has 1 rings (SSSR count). The minimum absolute atomic E-state index is 0.0468. The number of hydrogen-bond donors (Lipinski definition) is 3. The molecule has 206 valence electrons. The maximum absolute atomic E-state index is 13.9. The number of carbonyl (C=O) groups is 3. The van der Waals surface area contributed by atoms with Crippen molar-refractivity contribution >= 4 is 30.5 Å². The van der Waals surface area contributed by atoms with Gasteiger partial charge in [0.25, 0.3) is 0 Å². The molecule has 0 aliphatic heterocycles. The normalized spacial score (nSPS) is 12.7. The molecule has 0 heterocycles. The van der Waals surface area contributed by atoms with E-state index in [1.54, 1.807) is 37.8 Å². The van der Waals surface area contributed by atoms with Crippen LogP contribution in [0.15, 0.2) is 24.3 Å². The Bertz CT molecular complexity index is 907. The Hall–Kier alpha value is -2.66. The van der Waals surface area contributed by atoms with Crippen LogP contribution in [-0.4, -0.2) is 53.3 Å². The largest absolute Gasteiger partial charge is 0.444 e. The smallest absolute Gasteiger partial charge is 0.408 e. The summed E-state index contributed by atoms with van der Waals surface area (Å²) < 4.78 is 5.36. The summed E-state index contributed by atoms with van der Waals surface area (Å²) in [6.45, 7) is 10.3. The standard InChI is InChI=1S/C29H45N3O4S/c1-7-10-12-16-20-32(27(34)24(21-37)31-28(35)36-29(4,5)6)25(26(33)30-19-15-11-8-2)23-18-14-13-17-22(23)9-3/h3,13-14,17-18,24-25,37H,7-8,10-12,15-16,19-21H2,1-2,4-6H3,(H,30,33)(H,31,35). The summed E-state index contributed by atoms with van der Waals surface area (Å²) in [4.78, 5) is 41.6. The van der Waals surface area contributed by atoms with E-state index >= 15 is 0 Å². The summed E-state index contributed by atoms with van der Waals surface area (Å²) in [7, 11) is 0. The first-order chi connectivity index (χ1) is 17.6. The van der Waals surface area contributed by atoms with Gasteiger partial charge in [0, 0.05) is 24.4 Å². The lowest BCUT2D eigenvalue weighted by Crippen LogP contribution is -2.54. The van der Waals surface area contributed by atoms with Crippen LogP contribution < -0.4 is 10.6 Å². The van der Waals surface area contributed by atoms with E-state index < -0.39 is 29.7 Å². The van der Waals surface area contributed by atoms with Crippen LogP contribution in [-0.2, 0) is 14.3 Å². The summed E-state index contributed by atoms with van der Waals surface area (Å²) in [6, 6.07) is 5.25. The van der Waals surface area contributed by atoms with E-state index in [4.69, 9.17) is 11.2 Å². The Morgan fingerprint density at radius 3 is 2.30 bits per heavy atom. The van der Waals surface area contributed by atoms with Gasteiger partial charge in [-0.15, -0.1) is 6.42 Å². The van der Waals surface area contributed by atoms with Gasteiger partial charge in [-0.2, -0.15) is 12.6 Å². The Morgan fingerprint density at radius 1 is 1.05 bits per heavy atom. The van der Waals surface area contributed by atoms with E-state index in [1.165, 1.54) is 0 Å². The molecule has 37 heavy (non-hydrogen) atoms. The van der Waals surface area contributed by atoms with Crippen LogP contribution in [0.25, 0.3) is 0 Å². The Kier molecular flexibility index (Phi) is 14.8. The van der Waals surface area contributed by atoms with E-state index in [-0.39, 0.29) is 11.7 Å². The number of rotatable bonds is 15. The molecular weight excluding hydrogens is 486 g/mol. The third-order valence-corrected chi connectivity index (χ3v) is 6.12. The summed E-state index contributed by atoms with van der Waals surface area (Å²) in [6.07, 6.45) is 11.6. The fourth-order valence-corrected chi connectivity index (χ4v) is 4.16. The van der Waals surface area contributed by atoms with E-state index in [9.17, 15) is 14.4 Å². The van der Waals surface area contributed by atoms with Gasteiger partial charge < -0.3 is 20.3 Å². The molecule has 0 fully saturated rings. The summed E-state index contributed by atoms with van der Waals surface area (Å²) in [5, 5.41) is 5.64. The summed E-state index contributed by atoms with van der Waals surface area (Å²) in [5.74, 6) is 2.00. The van der Waals surface area contributed by atoms with Gasteiger partial charge in [-0.25, -0.2) is 4.79 Å². The third-order valence-electron chi connectivity index (χ3n) is 5.76. The van der Waals surface area contributed by atoms with E-state index in [0.717, 1.165) is 38.5 Å². The van der Waals surface area contributed by atoms with Crippen LogP contribution in [0.2, 0.25) is 0 Å². The molecule has 1 aromatic carbocycles. The lowest BCUT2D eigenvalue weighted by molar-refractivity contribution is -0.142. The van der Waals surface area contributed by atoms with Gasteiger partial charge in [-0.3, -0.25) is 9.59 Å². The van der Waals surface area contributed by atoms with Gasteiger partial charge >= 0.3 is 6.09 Å². The van der Waals surface area contributed by atoms with Gasteiger partial charge in [-0.05, 0) is 45.2 Å². The molecule has 2 atom stereocenters. The number of benzene rings is 1. The third kappa shape index (κ3) is 11.5. The number of terminal acetylenes is 1. The predicted octanol–water partition coefficient (Wildman–Crippen LogP) is 5.25. The first-order valence-electron chi connectivity index (χ1n) is 13.3. The number of hydrogen-bond acceptors (Lipinski definition) is 5. The molecule has 0 saturated carbocycles. The van der Waals surface area contributed by atoms with E-state index in [1.807, 2.05) is 12.1 Å². The average molecular weight is 532 g/mol. The molecule has 0 radical (unpaired) electrons. The van der Waals surface area contributed by atoms with Crippen molar-refractivity contribution in [3.05, 3.63) is 35.4 Å². The highest BCUT2D eigenvalue weighted by Crippen LogP contribution is 2.26. The lowest BCUT2D eigenvalue weighted by Gasteiger charge is -2.34. The number of nitrogens with one attached hydrogen (secondary N) is 2. The van der Waals surface area contributed by atoms with Crippen molar-refractivity contribution in [3.63, 3.8) is 0 Å². The van der Waals surface area contributed by atoms with Crippen LogP contribution in [0, 0.1) is 12.3 Å². The van der Waals surface area contributed by atoms with Crippen LogP contribution in [0.5, 0.6) is 0 Å². The first kappa shape index (κ1) is 32.4. The zero-order chi connectivity index (χ0) is 27.8. The van der Waals surface area contributed by atoms with Gasteiger partial charge in [0.2, 0.25) is 11.8 Å². The number of unbranched alkanes of at least 4 members (excludes halogenated alkanes) is 5. The molecular formula is C29H45N3O4S. The molecule has 0 saturated heterocycles. The summed E-state index contributed by atoms with van der Waals surface area (Å²) in [5.41, 5.74) is 0.405. The molecule has 0 bridgehead atoms. The summed E-state index contributed by atoms with van der Waals surface area (Å²) >= 11 is 4.34. The van der Waals surface area contributed by atoms with Crippen molar-refractivity contribution in [3.8, 4) is 12.3 Å². The van der Waals surface area contributed by atoms with Crippen molar-refractivity contribution in [2.45, 2.75) is 97.2 Å². The fraction of sp³-hybridized carbons (Fsp3) is 0.621. The Balaban J connectivity index is 3.41. The van der Waals surface area contributed by atoms with Gasteiger partial charge in [-0.1, -0.05) is 70.1 Å². The maximum Gasteiger partial charge on any atom is 0.408 e. The Morgan fingerprint density at radius 2 is 1.70 bits per heavy atom. The highest BCUT2D eigenvalue weighted by atomic mass is 32.1. The van der Waals surface area contributed by atoms with Crippen LogP contribution in [0.4, 0.5) is 4.79 Å². The lowest BCUT2D eigenvalue weighted by atomic mass is 9.97. The van der Waals surface area contributed by atoms with Crippen LogP contribution in [0.3, 0.4) is 0 Å². The molecule has 2 unspecified atom stereocenters. The fourth-order valence-electron chi connectivity index (χ4n) is 3.91. The van der Waals surface area contributed by atoms with E-state index in [2.05, 4.69) is 43.0 Å². The van der Waals surface area contributed by atoms with Gasteiger partial charge in [0.05, 0.1) is 0 Å². The number of amides is 3. The zero-order valence-corrected chi connectivity index (χ0v) is 24.0. The number of alkyl carbamates (subject to hydrolysis) is 1. The SMILES string of the molecule is C#Cc1ccccc1C(C(=O)NCCCCC)N(CCCCCC)C(=O)C(CS)NC(=O)OC(C)(C)C. The topological polar surface area (TPSA) is 87.7 Å². The quantitative estimate of drug-likeness (QED) is 0.164. The van der Waals surface area contributed by atoms with Gasteiger partial charge in [0.1, 0.15) is 17.7 Å². The minimum atomic E-state index is -0.974. The second-order valence-corrected chi connectivity index (χ2v) is 10.5. The number of thiol groups is 1. The second kappa shape index (κ2) is 17.0. The first-order valence-corrected chi connectivity index (χ1v) is 14.0. The molecule has 7 nitrogen and oxygen atoms in total. The van der Waals surface area contributed by atoms with Crippen molar-refractivity contribution in [2.75, 3.05) is 18.8 Å². The highest BCUT2D eigenvalue weighted by molar-refractivity contribution is 7.80. The average Bonchev–Trinajstić information content (AvgIpc) is 2.85. The molecule has 1 aromatic rings. The molecule has 0 spiro atoms. The molecule has 0 aromatic heterocycles. The zero-order valence-electron chi connectivity index (χ0n) is 23.1. The molecule has 2 N–H and O–H groups in total. The van der Waals surface area contributed by atoms with Crippen LogP contribution in [0.1, 0.15) is 96.7 Å². The number of nitrogens with zero attached hydrogens (tertiary/aromatic N) is 1. The predicted molar refractivity (Wildman–Crippen MR) is 153 cm³/mol. The van der Waals surface area contributed by atoms with Crippen molar-refractivity contribution in [2.24, 2.45) is 0 Å². The maximum atomic E-state index is 13.9. The van der Waals surface area contributed by atoms with Crippen molar-refractivity contribution < 1.29 is 19.1 Å². The van der Waals surface area contributed by atoms with E-state index in [0.29, 0.717) is 30.6 Å². The number of ether oxygens (including phenoxy) is 1. The van der Waals surface area contributed by atoms with Crippen molar-refractivity contribution in [1.29, 1.82) is 0 Å². The monoisotopic (exact) mass is 531 g/mol. The Labute approximate surface area is 228 Å².